The van der Waals surface area contributed by atoms with Gasteiger partial charge in [-0.2, -0.15) is 0 Å². The highest BCUT2D eigenvalue weighted by Gasteiger charge is 2.06. The van der Waals surface area contributed by atoms with Gasteiger partial charge in [0.15, 0.2) is 0 Å². The molecule has 0 aliphatic heterocycles. The zero-order chi connectivity index (χ0) is 12.1. The van der Waals surface area contributed by atoms with E-state index in [1.165, 1.54) is 11.1 Å². The Morgan fingerprint density at radius 3 is 2.50 bits per heavy atom. The maximum atomic E-state index is 10.6. The summed E-state index contributed by atoms with van der Waals surface area (Å²) in [4.78, 5) is 10.6. The Hall–Kier alpha value is -1.51. The molecule has 3 heteroatoms. The van der Waals surface area contributed by atoms with E-state index in [0.29, 0.717) is 19.4 Å². The van der Waals surface area contributed by atoms with Gasteiger partial charge in [-0.3, -0.25) is 4.79 Å². The first-order valence-corrected chi connectivity index (χ1v) is 5.50. The summed E-state index contributed by atoms with van der Waals surface area (Å²) >= 11 is 0. The number of rotatable bonds is 5. The lowest BCUT2D eigenvalue weighted by Crippen LogP contribution is -2.12. The normalized spacial score (nSPS) is 10.2. The van der Waals surface area contributed by atoms with Gasteiger partial charge < -0.3 is 10.5 Å². The van der Waals surface area contributed by atoms with Crippen LogP contribution in [0.1, 0.15) is 29.5 Å². The Morgan fingerprint density at radius 1 is 1.25 bits per heavy atom. The number of aryl methyl sites for hydroxylation is 2. The molecule has 2 N–H and O–H groups in total. The lowest BCUT2D eigenvalue weighted by molar-refractivity contribution is -0.118. The maximum Gasteiger partial charge on any atom is 0.217 e. The topological polar surface area (TPSA) is 52.3 Å². The average molecular weight is 221 g/mol. The molecule has 0 aromatic heterocycles. The summed E-state index contributed by atoms with van der Waals surface area (Å²) in [6, 6.07) is 4.13. The van der Waals surface area contributed by atoms with Crippen molar-refractivity contribution in [2.75, 3.05) is 6.61 Å². The fourth-order valence-corrected chi connectivity index (χ4v) is 1.57. The minimum atomic E-state index is -0.277. The Bertz CT molecular complexity index is 386. The number of primary amides is 1. The molecule has 1 aromatic rings. The zero-order valence-corrected chi connectivity index (χ0v) is 10.2. The third-order valence-corrected chi connectivity index (χ3v) is 2.69. The lowest BCUT2D eigenvalue weighted by atomic mass is 10.1. The zero-order valence-electron chi connectivity index (χ0n) is 10.2. The van der Waals surface area contributed by atoms with Gasteiger partial charge in [0, 0.05) is 6.42 Å². The van der Waals surface area contributed by atoms with Gasteiger partial charge in [0.1, 0.15) is 5.75 Å². The minimum absolute atomic E-state index is 0.277. The smallest absolute Gasteiger partial charge is 0.217 e. The highest BCUT2D eigenvalue weighted by molar-refractivity contribution is 5.73. The second-order valence-electron chi connectivity index (χ2n) is 4.07. The van der Waals surface area contributed by atoms with Gasteiger partial charge in [0.05, 0.1) is 6.61 Å². The fraction of sp³-hybridized carbons (Fsp3) is 0.462. The summed E-state index contributed by atoms with van der Waals surface area (Å²) in [6.07, 6.45) is 1.05. The number of ether oxygens (including phenoxy) is 1. The van der Waals surface area contributed by atoms with Crippen LogP contribution in [-0.2, 0) is 4.79 Å². The molecule has 0 atom stereocenters. The molecule has 0 saturated carbocycles. The molecule has 0 heterocycles. The summed E-state index contributed by atoms with van der Waals surface area (Å²) in [5.74, 6) is 0.658. The van der Waals surface area contributed by atoms with Crippen molar-refractivity contribution in [3.05, 3.63) is 28.8 Å². The van der Waals surface area contributed by atoms with Crippen LogP contribution in [0.4, 0.5) is 0 Å². The van der Waals surface area contributed by atoms with Crippen LogP contribution in [0.3, 0.4) is 0 Å². The van der Waals surface area contributed by atoms with Gasteiger partial charge in [0.25, 0.3) is 0 Å². The van der Waals surface area contributed by atoms with Crippen molar-refractivity contribution in [3.63, 3.8) is 0 Å². The molecule has 0 fully saturated rings. The molecule has 1 amide bonds. The summed E-state index contributed by atoms with van der Waals surface area (Å²) in [5, 5.41) is 0. The largest absolute Gasteiger partial charge is 0.493 e. The molecule has 0 bridgehead atoms. The van der Waals surface area contributed by atoms with Gasteiger partial charge in [-0.1, -0.05) is 12.1 Å². The first kappa shape index (κ1) is 12.6. The molecule has 0 unspecified atom stereocenters. The molecular weight excluding hydrogens is 202 g/mol. The first-order valence-electron chi connectivity index (χ1n) is 5.50. The maximum absolute atomic E-state index is 10.6. The molecule has 0 aliphatic carbocycles. The van der Waals surface area contributed by atoms with E-state index in [9.17, 15) is 4.79 Å². The highest BCUT2D eigenvalue weighted by Crippen LogP contribution is 2.25. The molecule has 88 valence electrons. The second kappa shape index (κ2) is 5.54. The van der Waals surface area contributed by atoms with Crippen molar-refractivity contribution < 1.29 is 9.53 Å². The van der Waals surface area contributed by atoms with Crippen LogP contribution in [0.5, 0.6) is 5.75 Å². The molecule has 1 rings (SSSR count). The van der Waals surface area contributed by atoms with E-state index in [2.05, 4.69) is 13.0 Å². The number of carbonyl (C=O) groups excluding carboxylic acids is 1. The van der Waals surface area contributed by atoms with Gasteiger partial charge in [0.2, 0.25) is 5.91 Å². The van der Waals surface area contributed by atoms with Crippen LogP contribution in [0.2, 0.25) is 0 Å². The fourth-order valence-electron chi connectivity index (χ4n) is 1.57. The van der Waals surface area contributed by atoms with Crippen LogP contribution in [0.15, 0.2) is 12.1 Å². The molecule has 0 saturated heterocycles. The molecule has 0 radical (unpaired) electrons. The van der Waals surface area contributed by atoms with Gasteiger partial charge >= 0.3 is 0 Å². The predicted octanol–water partition coefficient (Wildman–Crippen LogP) is 2.26. The van der Waals surface area contributed by atoms with Crippen LogP contribution >= 0.6 is 0 Å². The second-order valence-corrected chi connectivity index (χ2v) is 4.07. The first-order chi connectivity index (χ1) is 7.52. The monoisotopic (exact) mass is 221 g/mol. The van der Waals surface area contributed by atoms with Crippen molar-refractivity contribution in [2.24, 2.45) is 5.73 Å². The Kier molecular flexibility index (Phi) is 4.35. The molecule has 3 nitrogen and oxygen atoms in total. The Labute approximate surface area is 96.6 Å². The van der Waals surface area contributed by atoms with Crippen LogP contribution in [0, 0.1) is 20.8 Å². The molecule has 0 aliphatic rings. The average Bonchev–Trinajstić information content (AvgIpc) is 2.22. The quantitative estimate of drug-likeness (QED) is 0.775. The van der Waals surface area contributed by atoms with Crippen molar-refractivity contribution >= 4 is 5.91 Å². The molecule has 1 aromatic carbocycles. The summed E-state index contributed by atoms with van der Waals surface area (Å²) in [7, 11) is 0. The standard InChI is InChI=1S/C13H19NO2/c1-9-6-7-10(2)13(11(9)3)16-8-4-5-12(14)15/h6-7H,4-5,8H2,1-3H3,(H2,14,15). The summed E-state index contributed by atoms with van der Waals surface area (Å²) in [6.45, 7) is 6.67. The number of hydrogen-bond donors (Lipinski definition) is 1. The van der Waals surface area contributed by atoms with E-state index >= 15 is 0 Å². The third-order valence-electron chi connectivity index (χ3n) is 2.69. The lowest BCUT2D eigenvalue weighted by Gasteiger charge is -2.13. The van der Waals surface area contributed by atoms with E-state index in [1.54, 1.807) is 0 Å². The van der Waals surface area contributed by atoms with Crippen molar-refractivity contribution in [3.8, 4) is 5.75 Å². The molecule has 0 spiro atoms. The van der Waals surface area contributed by atoms with Gasteiger partial charge in [-0.15, -0.1) is 0 Å². The highest BCUT2D eigenvalue weighted by atomic mass is 16.5. The number of hydrogen-bond acceptors (Lipinski definition) is 2. The summed E-state index contributed by atoms with van der Waals surface area (Å²) < 4.78 is 5.69. The third kappa shape index (κ3) is 3.26. The SMILES string of the molecule is Cc1ccc(C)c(OCCCC(N)=O)c1C. The predicted molar refractivity (Wildman–Crippen MR) is 64.6 cm³/mol. The molecular formula is C13H19NO2. The van der Waals surface area contributed by atoms with Crippen molar-refractivity contribution in [1.29, 1.82) is 0 Å². The van der Waals surface area contributed by atoms with Gasteiger partial charge in [-0.05, 0) is 43.9 Å². The Morgan fingerprint density at radius 2 is 1.88 bits per heavy atom. The minimum Gasteiger partial charge on any atom is -0.493 e. The van der Waals surface area contributed by atoms with E-state index in [1.807, 2.05) is 19.9 Å². The summed E-state index contributed by atoms with van der Waals surface area (Å²) in [5.41, 5.74) is 8.57. The van der Waals surface area contributed by atoms with Crippen molar-refractivity contribution in [1.82, 2.24) is 0 Å². The van der Waals surface area contributed by atoms with E-state index in [0.717, 1.165) is 11.3 Å². The molecule has 16 heavy (non-hydrogen) atoms. The van der Waals surface area contributed by atoms with E-state index in [4.69, 9.17) is 10.5 Å². The number of benzene rings is 1. The van der Waals surface area contributed by atoms with E-state index < -0.39 is 0 Å². The Balaban J connectivity index is 2.60. The van der Waals surface area contributed by atoms with Crippen LogP contribution < -0.4 is 10.5 Å². The number of carbonyl (C=O) groups is 1. The van der Waals surface area contributed by atoms with Crippen LogP contribution in [0.25, 0.3) is 0 Å². The van der Waals surface area contributed by atoms with Gasteiger partial charge in [-0.25, -0.2) is 0 Å². The number of nitrogens with two attached hydrogens (primary N) is 1. The van der Waals surface area contributed by atoms with Crippen LogP contribution in [-0.4, -0.2) is 12.5 Å². The number of amides is 1. The van der Waals surface area contributed by atoms with Crippen molar-refractivity contribution in [2.45, 2.75) is 33.6 Å². The van der Waals surface area contributed by atoms with E-state index in [-0.39, 0.29) is 5.91 Å².